The maximum atomic E-state index is 13.2. The number of carbonyl (C=O) groups excluding carboxylic acids is 1. The molecule has 1 aliphatic heterocycles. The molecule has 1 N–H and O–H groups in total. The summed E-state index contributed by atoms with van der Waals surface area (Å²) in [7, 11) is -0.589. The summed E-state index contributed by atoms with van der Waals surface area (Å²) in [6.45, 7) is 3.40. The molecule has 1 amide bonds. The van der Waals surface area contributed by atoms with E-state index in [0.717, 1.165) is 35.9 Å². The van der Waals surface area contributed by atoms with E-state index >= 15 is 0 Å². The summed E-state index contributed by atoms with van der Waals surface area (Å²) in [5.41, 5.74) is 5.62. The summed E-state index contributed by atoms with van der Waals surface area (Å²) in [6, 6.07) is 14.9. The van der Waals surface area contributed by atoms with Gasteiger partial charge in [-0.25, -0.2) is 13.1 Å². The lowest BCUT2D eigenvalue weighted by Gasteiger charge is -2.20. The molecule has 10 nitrogen and oxygen atoms in total. The van der Waals surface area contributed by atoms with Crippen LogP contribution in [0.3, 0.4) is 0 Å². The molecule has 0 aliphatic carbocycles. The Balaban J connectivity index is 1.58. The first-order chi connectivity index (χ1) is 19.6. The van der Waals surface area contributed by atoms with Crippen molar-refractivity contribution < 1.29 is 22.4 Å². The van der Waals surface area contributed by atoms with E-state index in [0.29, 0.717) is 57.3 Å². The fourth-order valence-corrected chi connectivity index (χ4v) is 5.51. The number of hydrogen-bond acceptors (Lipinski definition) is 7. The third-order valence-electron chi connectivity index (χ3n) is 7.26. The lowest BCUT2D eigenvalue weighted by Crippen LogP contribution is -2.25. The monoisotopic (exact) mass is 571 g/mol. The number of anilines is 1. The first-order valence-electron chi connectivity index (χ1n) is 13.1. The van der Waals surface area contributed by atoms with Gasteiger partial charge in [-0.15, -0.1) is 0 Å². The van der Waals surface area contributed by atoms with Gasteiger partial charge in [0.25, 0.3) is 5.91 Å². The largest absolute Gasteiger partial charge is 0.478 e. The van der Waals surface area contributed by atoms with Crippen molar-refractivity contribution >= 4 is 32.6 Å². The number of ether oxygens (including phenoxy) is 1. The van der Waals surface area contributed by atoms with Crippen LogP contribution < -0.4 is 14.4 Å². The fraction of sp³-hybridized carbons (Fsp3) is 0.233. The van der Waals surface area contributed by atoms with Gasteiger partial charge in [-0.2, -0.15) is 5.10 Å². The zero-order chi connectivity index (χ0) is 28.9. The van der Waals surface area contributed by atoms with Crippen LogP contribution in [0.1, 0.15) is 22.3 Å². The summed E-state index contributed by atoms with van der Waals surface area (Å²) >= 11 is 0. The smallest absolute Gasteiger partial charge is 0.255 e. The van der Waals surface area contributed by atoms with Gasteiger partial charge in [-0.05, 0) is 19.1 Å². The van der Waals surface area contributed by atoms with Crippen molar-refractivity contribution in [2.45, 2.75) is 19.9 Å². The van der Waals surface area contributed by atoms with Crippen molar-refractivity contribution in [1.29, 1.82) is 0 Å². The second-order valence-electron chi connectivity index (χ2n) is 10.1. The minimum atomic E-state index is -3.64. The molecule has 6 rings (SSSR count). The number of fused-ring (bicyclic) bond motifs is 2. The third-order valence-corrected chi connectivity index (χ3v) is 8.45. The maximum absolute atomic E-state index is 13.2. The zero-order valence-corrected chi connectivity index (χ0v) is 23.9. The van der Waals surface area contributed by atoms with E-state index < -0.39 is 10.0 Å². The van der Waals surface area contributed by atoms with E-state index in [9.17, 15) is 13.2 Å². The van der Waals surface area contributed by atoms with Crippen LogP contribution in [0, 0.1) is 6.92 Å². The molecule has 1 aliphatic rings. The zero-order valence-electron chi connectivity index (χ0n) is 23.1. The van der Waals surface area contributed by atoms with E-state index in [1.807, 2.05) is 48.0 Å². The summed E-state index contributed by atoms with van der Waals surface area (Å²) in [5, 5.41) is 7.94. The highest BCUT2D eigenvalue weighted by Gasteiger charge is 2.26. The molecule has 41 heavy (non-hydrogen) atoms. The number of hydrogen-bond donors (Lipinski definition) is 1. The number of nitrogens with zero attached hydrogens (tertiary/aromatic N) is 4. The number of nitrogens with one attached hydrogen (secondary N) is 1. The van der Waals surface area contributed by atoms with Gasteiger partial charge in [0, 0.05) is 79.2 Å². The van der Waals surface area contributed by atoms with E-state index in [1.165, 1.54) is 11.4 Å². The molecule has 0 saturated carbocycles. The Morgan fingerprint density at radius 2 is 1.80 bits per heavy atom. The second kappa shape index (κ2) is 10.1. The molecular formula is C30H29N5O5S. The van der Waals surface area contributed by atoms with Crippen LogP contribution in [-0.2, 0) is 16.6 Å². The molecule has 2 aromatic carbocycles. The fourth-order valence-electron chi connectivity index (χ4n) is 5.00. The van der Waals surface area contributed by atoms with Crippen molar-refractivity contribution in [3.63, 3.8) is 0 Å². The van der Waals surface area contributed by atoms with Gasteiger partial charge < -0.3 is 14.5 Å². The van der Waals surface area contributed by atoms with Crippen molar-refractivity contribution in [2.24, 2.45) is 0 Å². The molecule has 0 atom stereocenters. The Bertz CT molecular complexity index is 1880. The lowest BCUT2D eigenvalue weighted by molar-refractivity contribution is 0.0964. The van der Waals surface area contributed by atoms with E-state index in [2.05, 4.69) is 15.4 Å². The summed E-state index contributed by atoms with van der Waals surface area (Å²) < 4.78 is 40.5. The Kier molecular flexibility index (Phi) is 6.53. The Morgan fingerprint density at radius 1 is 1.05 bits per heavy atom. The average Bonchev–Trinajstić information content (AvgIpc) is 3.57. The molecule has 210 valence electrons. The van der Waals surface area contributed by atoms with Crippen LogP contribution >= 0.6 is 0 Å². The van der Waals surface area contributed by atoms with Gasteiger partial charge >= 0.3 is 0 Å². The molecule has 0 radical (unpaired) electrons. The van der Waals surface area contributed by atoms with Gasteiger partial charge in [0.2, 0.25) is 15.9 Å². The number of pyridine rings is 1. The minimum absolute atomic E-state index is 0.315. The normalized spacial score (nSPS) is 13.1. The Morgan fingerprint density at radius 3 is 2.51 bits per heavy atom. The molecule has 3 aromatic heterocycles. The molecule has 5 aromatic rings. The van der Waals surface area contributed by atoms with Gasteiger partial charge in [0.15, 0.2) is 0 Å². The SMILES string of the molecule is CNC(=O)c1c(-c2ccc(C)cc2)oc2cc(N(C)S(C)(=O)=O)c(-c3cncc(-c4cc5n(n4)CCCO5)c3)cc12. The van der Waals surface area contributed by atoms with Crippen LogP contribution in [0.5, 0.6) is 5.88 Å². The Hall–Kier alpha value is -4.64. The number of amides is 1. The highest BCUT2D eigenvalue weighted by atomic mass is 32.2. The van der Waals surface area contributed by atoms with Crippen molar-refractivity contribution in [3.8, 4) is 39.6 Å². The van der Waals surface area contributed by atoms with Gasteiger partial charge in [-0.1, -0.05) is 29.8 Å². The first kappa shape index (κ1) is 26.6. The quantitative estimate of drug-likeness (QED) is 0.309. The molecule has 0 spiro atoms. The number of furan rings is 1. The van der Waals surface area contributed by atoms with Gasteiger partial charge in [0.05, 0.1) is 29.8 Å². The van der Waals surface area contributed by atoms with Crippen LogP contribution in [0.25, 0.3) is 44.7 Å². The van der Waals surface area contributed by atoms with E-state index in [-0.39, 0.29) is 5.91 Å². The lowest BCUT2D eigenvalue weighted by atomic mass is 9.98. The van der Waals surface area contributed by atoms with Crippen LogP contribution in [0.2, 0.25) is 0 Å². The van der Waals surface area contributed by atoms with Crippen LogP contribution in [0.15, 0.2) is 65.3 Å². The number of aromatic nitrogens is 3. The second-order valence-corrected chi connectivity index (χ2v) is 12.1. The molecule has 0 bridgehead atoms. The molecule has 4 heterocycles. The van der Waals surface area contributed by atoms with Crippen molar-refractivity contribution in [1.82, 2.24) is 20.1 Å². The molecule has 0 saturated heterocycles. The average molecular weight is 572 g/mol. The number of aryl methyl sites for hydroxylation is 2. The van der Waals surface area contributed by atoms with Crippen LogP contribution in [0.4, 0.5) is 5.69 Å². The first-order valence-corrected chi connectivity index (χ1v) is 15.0. The molecule has 11 heteroatoms. The topological polar surface area (TPSA) is 120 Å². The third kappa shape index (κ3) is 4.82. The van der Waals surface area contributed by atoms with Gasteiger partial charge in [-0.3, -0.25) is 14.1 Å². The molecular weight excluding hydrogens is 542 g/mol. The summed E-state index contributed by atoms with van der Waals surface area (Å²) in [6.07, 6.45) is 5.40. The predicted octanol–water partition coefficient (Wildman–Crippen LogP) is 4.87. The number of carbonyl (C=O) groups is 1. The number of benzene rings is 2. The highest BCUT2D eigenvalue weighted by Crippen LogP contribution is 2.42. The molecule has 0 fully saturated rings. The number of rotatable bonds is 6. The maximum Gasteiger partial charge on any atom is 0.255 e. The van der Waals surface area contributed by atoms with E-state index in [1.54, 1.807) is 31.6 Å². The molecule has 0 unspecified atom stereocenters. The number of sulfonamides is 1. The van der Waals surface area contributed by atoms with Crippen molar-refractivity contribution in [2.75, 3.05) is 31.3 Å². The summed E-state index contributed by atoms with van der Waals surface area (Å²) in [5.74, 6) is 0.790. The minimum Gasteiger partial charge on any atom is -0.478 e. The summed E-state index contributed by atoms with van der Waals surface area (Å²) in [4.78, 5) is 17.7. The Labute approximate surface area is 237 Å². The van der Waals surface area contributed by atoms with Crippen LogP contribution in [-0.4, -0.2) is 56.0 Å². The standard InChI is InChI=1S/C30H29N5O5S/c1-18-6-8-19(9-7-18)29-28(30(36)31-2)23-13-22(25(15-26(23)40-29)34(3)41(4,37)38)20-12-21(17-32-16-20)24-14-27-35(33-24)10-5-11-39-27/h6-9,12-17H,5,10-11H2,1-4H3,(H,31,36). The predicted molar refractivity (Wildman–Crippen MR) is 158 cm³/mol. The van der Waals surface area contributed by atoms with Crippen molar-refractivity contribution in [3.05, 3.63) is 72.1 Å². The van der Waals surface area contributed by atoms with E-state index in [4.69, 9.17) is 9.15 Å². The van der Waals surface area contributed by atoms with Gasteiger partial charge in [0.1, 0.15) is 11.3 Å². The highest BCUT2D eigenvalue weighted by molar-refractivity contribution is 7.92.